The van der Waals surface area contributed by atoms with Crippen LogP contribution < -0.4 is 0 Å². The van der Waals surface area contributed by atoms with Crippen LogP contribution in [0.25, 0.3) is 0 Å². The summed E-state index contributed by atoms with van der Waals surface area (Å²) in [5.41, 5.74) is 0. The molecule has 0 bridgehead atoms. The van der Waals surface area contributed by atoms with Crippen molar-refractivity contribution in [3.63, 3.8) is 0 Å². The van der Waals surface area contributed by atoms with Crippen LogP contribution >= 0.6 is 0 Å². The van der Waals surface area contributed by atoms with Crippen LogP contribution in [0.4, 0.5) is 12.9 Å². The zero-order valence-corrected chi connectivity index (χ0v) is 9.65. The second-order valence-corrected chi connectivity index (χ2v) is 5.09. The second-order valence-electron chi connectivity index (χ2n) is 2.54. The summed E-state index contributed by atoms with van der Waals surface area (Å²) in [4.78, 5) is 0. The Labute approximate surface area is 98.9 Å². The van der Waals surface area contributed by atoms with Crippen molar-refractivity contribution < 1.29 is 17.7 Å². The van der Waals surface area contributed by atoms with Gasteiger partial charge in [0.15, 0.2) is 0 Å². The van der Waals surface area contributed by atoms with E-state index in [0.717, 1.165) is 62.2 Å². The molecule has 1 rings (SSSR count). The van der Waals surface area contributed by atoms with Gasteiger partial charge in [0.25, 0.3) is 0 Å². The number of hydrogen-bond acceptors (Lipinski definition) is 1. The van der Waals surface area contributed by atoms with E-state index in [1.807, 2.05) is 0 Å². The van der Waals surface area contributed by atoms with Crippen molar-refractivity contribution in [2.24, 2.45) is 0 Å². The minimum absolute atomic E-state index is 1.03. The topological polar surface area (TPSA) is 9.23 Å². The molecule has 1 aliphatic rings. The van der Waals surface area contributed by atoms with Crippen molar-refractivity contribution in [2.75, 3.05) is 13.2 Å². The molecule has 0 aliphatic carbocycles. The van der Waals surface area contributed by atoms with Gasteiger partial charge in [-0.25, -0.2) is 0 Å². The van der Waals surface area contributed by atoms with Crippen molar-refractivity contribution in [1.29, 1.82) is 0 Å². The van der Waals surface area contributed by atoms with Gasteiger partial charge in [0.2, 0.25) is 0 Å². The van der Waals surface area contributed by atoms with Crippen LogP contribution in [0.3, 0.4) is 0 Å². The van der Waals surface area contributed by atoms with Crippen LogP contribution in [0, 0.1) is 0 Å². The molecule has 0 amide bonds. The molecular weight excluding hydrogens is 183 g/mol. The first-order valence-corrected chi connectivity index (χ1v) is 5.43. The third-order valence-corrected chi connectivity index (χ3v) is 3.31. The van der Waals surface area contributed by atoms with Gasteiger partial charge in [-0.05, 0) is 0 Å². The van der Waals surface area contributed by atoms with E-state index in [1.165, 1.54) is 12.8 Å². The third kappa shape index (κ3) is 11.5. The Morgan fingerprint density at radius 2 is 1.55 bits per heavy atom. The summed E-state index contributed by atoms with van der Waals surface area (Å²) in [6, 6.07) is 0. The van der Waals surface area contributed by atoms with E-state index >= 15 is 0 Å². The SMILES string of the molecule is FB(F)F.[K][CH]1CCOCC1. The molecule has 6 heteroatoms. The van der Waals surface area contributed by atoms with Gasteiger partial charge in [-0.15, -0.1) is 0 Å². The predicted molar refractivity (Wildman–Crippen MR) is 38.6 cm³/mol. The molecular formula is C5H9BF3KO. The zero-order valence-electron chi connectivity index (χ0n) is 6.53. The van der Waals surface area contributed by atoms with Crippen molar-refractivity contribution in [1.82, 2.24) is 0 Å². The molecule has 0 atom stereocenters. The van der Waals surface area contributed by atoms with Gasteiger partial charge in [0.1, 0.15) is 0 Å². The van der Waals surface area contributed by atoms with Crippen LogP contribution in [0.2, 0.25) is 0.0125 Å². The summed E-state index contributed by atoms with van der Waals surface area (Å²) < 4.78 is 35.3. The molecule has 0 spiro atoms. The fraction of sp³-hybridized carbons (Fsp3) is 1.00. The van der Waals surface area contributed by atoms with Crippen LogP contribution in [0.5, 0.6) is 0 Å². The number of rotatable bonds is 0. The first kappa shape index (κ1) is 12.5. The Kier molecular flexibility index (Phi) is 9.13. The van der Waals surface area contributed by atoms with E-state index in [0.29, 0.717) is 0 Å². The normalized spacial score (nSPS) is 18.6. The van der Waals surface area contributed by atoms with Gasteiger partial charge in [-0.2, -0.15) is 0 Å². The molecule has 1 aliphatic heterocycles. The molecule has 1 nitrogen and oxygen atoms in total. The molecule has 0 radical (unpaired) electrons. The molecule has 0 saturated carbocycles. The number of hydrogen-bond donors (Lipinski definition) is 0. The fourth-order valence-electron chi connectivity index (χ4n) is 0.815. The molecule has 1 heterocycles. The summed E-state index contributed by atoms with van der Waals surface area (Å²) in [6.45, 7) is 2.07. The van der Waals surface area contributed by atoms with E-state index in [9.17, 15) is 12.9 Å². The van der Waals surface area contributed by atoms with E-state index in [1.54, 1.807) is 0 Å². The maximum absolute atomic E-state index is 9.67. The first-order chi connectivity index (χ1) is 5.13. The van der Waals surface area contributed by atoms with Crippen molar-refractivity contribution >= 4 is 56.5 Å². The molecule has 1 saturated heterocycles. The minimum atomic E-state index is -3.67. The standard InChI is InChI=1S/C5H9O.BF3.K/c1-2-4-6-5-3-1;2-1(3)4;/h1H,2-5H2;;. The summed E-state index contributed by atoms with van der Waals surface area (Å²) in [5.74, 6) is 0. The molecule has 0 aromatic rings. The van der Waals surface area contributed by atoms with Crippen molar-refractivity contribution in [3.8, 4) is 0 Å². The molecule has 0 unspecified atom stereocenters. The van der Waals surface area contributed by atoms with Crippen LogP contribution in [-0.2, 0) is 4.74 Å². The summed E-state index contributed by atoms with van der Waals surface area (Å²) in [7, 11) is -3.67. The van der Waals surface area contributed by atoms with Gasteiger partial charge in [-0.1, -0.05) is 0 Å². The van der Waals surface area contributed by atoms with Crippen molar-refractivity contribution in [3.05, 3.63) is 0 Å². The molecule has 11 heavy (non-hydrogen) atoms. The Bertz CT molecular complexity index is 87.0. The van der Waals surface area contributed by atoms with Gasteiger partial charge < -0.3 is 0 Å². The molecule has 1 fully saturated rings. The van der Waals surface area contributed by atoms with E-state index < -0.39 is 7.54 Å². The van der Waals surface area contributed by atoms with Gasteiger partial charge >= 0.3 is 87.3 Å². The second kappa shape index (κ2) is 8.07. The fourth-order valence-corrected chi connectivity index (χ4v) is 1.55. The third-order valence-electron chi connectivity index (χ3n) is 1.51. The zero-order chi connectivity index (χ0) is 8.69. The quantitative estimate of drug-likeness (QED) is 0.530. The molecule has 0 aromatic heterocycles. The Morgan fingerprint density at radius 3 is 1.73 bits per heavy atom. The van der Waals surface area contributed by atoms with Crippen LogP contribution in [-0.4, -0.2) is 69.7 Å². The van der Waals surface area contributed by atoms with Gasteiger partial charge in [0.05, 0.1) is 0 Å². The molecule has 0 N–H and O–H groups in total. The van der Waals surface area contributed by atoms with E-state index in [-0.39, 0.29) is 0 Å². The van der Waals surface area contributed by atoms with Gasteiger partial charge in [0, 0.05) is 0 Å². The average molecular weight is 192 g/mol. The van der Waals surface area contributed by atoms with Gasteiger partial charge in [-0.3, -0.25) is 12.9 Å². The summed E-state index contributed by atoms with van der Waals surface area (Å²) in [6.07, 6.45) is 2.69. The summed E-state index contributed by atoms with van der Waals surface area (Å²) in [5, 5.41) is 0. The average Bonchev–Trinajstić information content (AvgIpc) is 1.87. The summed E-state index contributed by atoms with van der Waals surface area (Å²) >= 11 is 1.05. The van der Waals surface area contributed by atoms with E-state index in [2.05, 4.69) is 0 Å². The van der Waals surface area contributed by atoms with Crippen molar-refractivity contribution in [2.45, 2.75) is 12.9 Å². The Morgan fingerprint density at radius 1 is 1.18 bits per heavy atom. The van der Waals surface area contributed by atoms with Crippen LogP contribution in [0.1, 0.15) is 12.8 Å². The molecule has 0 aromatic carbocycles. The van der Waals surface area contributed by atoms with E-state index in [4.69, 9.17) is 4.74 Å². The predicted octanol–water partition coefficient (Wildman–Crippen LogP) is 1.63. The monoisotopic (exact) mass is 192 g/mol. The van der Waals surface area contributed by atoms with Crippen LogP contribution in [0.15, 0.2) is 0 Å². The Balaban J connectivity index is 0.000000218. The molecule has 60 valence electrons. The maximum atomic E-state index is 9.67. The Hall–Kier alpha value is 1.45. The number of halogens is 3. The number of ether oxygens (including phenoxy) is 1. The first-order valence-electron chi connectivity index (χ1n) is 3.63.